The summed E-state index contributed by atoms with van der Waals surface area (Å²) >= 11 is 6.00. The Labute approximate surface area is 151 Å². The molecular weight excluding hydrogens is 322 g/mol. The number of aliphatic imine (C=N–C) groups is 1. The minimum Gasteiger partial charge on any atom is -0.381 e. The molecule has 1 aliphatic heterocycles. The lowest BCUT2D eigenvalue weighted by Gasteiger charge is -2.27. The van der Waals surface area contributed by atoms with E-state index in [0.717, 1.165) is 50.3 Å². The highest BCUT2D eigenvalue weighted by molar-refractivity contribution is 6.30. The molecule has 1 aromatic carbocycles. The summed E-state index contributed by atoms with van der Waals surface area (Å²) in [5.74, 6) is 1.56. The molecule has 1 fully saturated rings. The number of rotatable bonds is 6. The van der Waals surface area contributed by atoms with Crippen molar-refractivity contribution in [3.63, 3.8) is 0 Å². The Morgan fingerprint density at radius 3 is 2.67 bits per heavy atom. The molecular formula is C19H30ClN3O. The molecule has 1 N–H and O–H groups in total. The summed E-state index contributed by atoms with van der Waals surface area (Å²) in [7, 11) is 2.11. The second-order valence-corrected chi connectivity index (χ2v) is 7.61. The van der Waals surface area contributed by atoms with Crippen LogP contribution in [0.25, 0.3) is 0 Å². The minimum absolute atomic E-state index is 0.0391. The smallest absolute Gasteiger partial charge is 0.193 e. The second kappa shape index (κ2) is 8.72. The summed E-state index contributed by atoms with van der Waals surface area (Å²) in [6.45, 7) is 10.9. The van der Waals surface area contributed by atoms with Gasteiger partial charge in [0.15, 0.2) is 5.96 Å². The second-order valence-electron chi connectivity index (χ2n) is 7.17. The molecule has 4 nitrogen and oxygen atoms in total. The Balaban J connectivity index is 2.04. The summed E-state index contributed by atoms with van der Waals surface area (Å²) in [5.41, 5.74) is 1.21. The van der Waals surface area contributed by atoms with Crippen molar-refractivity contribution in [3.05, 3.63) is 34.9 Å². The molecule has 0 spiro atoms. The van der Waals surface area contributed by atoms with Crippen LogP contribution in [0.15, 0.2) is 29.3 Å². The highest BCUT2D eigenvalue weighted by Gasteiger charge is 2.22. The third-order valence-corrected chi connectivity index (χ3v) is 4.75. The number of benzene rings is 1. The Hall–Kier alpha value is -1.26. The molecule has 0 bridgehead atoms. The van der Waals surface area contributed by atoms with E-state index < -0.39 is 0 Å². The van der Waals surface area contributed by atoms with E-state index in [1.807, 2.05) is 12.1 Å². The summed E-state index contributed by atoms with van der Waals surface area (Å²) in [5, 5.41) is 4.17. The van der Waals surface area contributed by atoms with Gasteiger partial charge in [-0.1, -0.05) is 37.6 Å². The molecule has 1 atom stereocenters. The zero-order valence-corrected chi connectivity index (χ0v) is 16.1. The van der Waals surface area contributed by atoms with E-state index in [-0.39, 0.29) is 5.41 Å². The number of guanidine groups is 1. The van der Waals surface area contributed by atoms with E-state index in [9.17, 15) is 0 Å². The molecule has 134 valence electrons. The number of hydrogen-bond donors (Lipinski definition) is 1. The molecule has 1 aliphatic rings. The molecule has 0 aromatic heterocycles. The number of halogens is 1. The largest absolute Gasteiger partial charge is 0.381 e. The first-order valence-corrected chi connectivity index (χ1v) is 9.13. The molecule has 1 aromatic rings. The van der Waals surface area contributed by atoms with Gasteiger partial charge < -0.3 is 15.0 Å². The van der Waals surface area contributed by atoms with Crippen LogP contribution < -0.4 is 5.32 Å². The van der Waals surface area contributed by atoms with Crippen molar-refractivity contribution in [2.24, 2.45) is 10.9 Å². The van der Waals surface area contributed by atoms with Crippen LogP contribution in [-0.4, -0.2) is 50.8 Å². The Morgan fingerprint density at radius 1 is 1.38 bits per heavy atom. The van der Waals surface area contributed by atoms with E-state index >= 15 is 0 Å². The first-order valence-electron chi connectivity index (χ1n) is 8.75. The number of ether oxygens (including phenoxy) is 1. The van der Waals surface area contributed by atoms with Gasteiger partial charge in [-0.3, -0.25) is 4.99 Å². The zero-order chi connectivity index (χ0) is 17.6. The monoisotopic (exact) mass is 351 g/mol. The molecule has 1 heterocycles. The van der Waals surface area contributed by atoms with Crippen LogP contribution >= 0.6 is 11.6 Å². The predicted molar refractivity (Wildman–Crippen MR) is 102 cm³/mol. The van der Waals surface area contributed by atoms with E-state index in [0.29, 0.717) is 5.92 Å². The molecule has 0 saturated carbocycles. The van der Waals surface area contributed by atoms with Crippen molar-refractivity contribution in [1.29, 1.82) is 0 Å². The SMILES string of the molecule is CCNC(=NCC(C)(C)c1ccc(Cl)cc1)N(C)CC1CCOC1. The maximum Gasteiger partial charge on any atom is 0.193 e. The summed E-state index contributed by atoms with van der Waals surface area (Å²) in [6.07, 6.45) is 1.14. The Bertz CT molecular complexity index is 536. The van der Waals surface area contributed by atoms with Crippen molar-refractivity contribution < 1.29 is 4.74 Å². The average molecular weight is 352 g/mol. The Kier molecular flexibility index (Phi) is 6.93. The summed E-state index contributed by atoms with van der Waals surface area (Å²) < 4.78 is 5.48. The van der Waals surface area contributed by atoms with Crippen LogP contribution in [0.1, 0.15) is 32.8 Å². The topological polar surface area (TPSA) is 36.9 Å². The van der Waals surface area contributed by atoms with Gasteiger partial charge in [0.2, 0.25) is 0 Å². The van der Waals surface area contributed by atoms with Gasteiger partial charge in [0.05, 0.1) is 13.2 Å². The Morgan fingerprint density at radius 2 is 2.08 bits per heavy atom. The van der Waals surface area contributed by atoms with Crippen LogP contribution in [0.3, 0.4) is 0 Å². The number of nitrogens with zero attached hydrogens (tertiary/aromatic N) is 2. The van der Waals surface area contributed by atoms with Gasteiger partial charge in [-0.2, -0.15) is 0 Å². The highest BCUT2D eigenvalue weighted by Crippen LogP contribution is 2.25. The van der Waals surface area contributed by atoms with Crippen molar-refractivity contribution in [1.82, 2.24) is 10.2 Å². The van der Waals surface area contributed by atoms with Crippen molar-refractivity contribution in [3.8, 4) is 0 Å². The lowest BCUT2D eigenvalue weighted by Crippen LogP contribution is -2.42. The van der Waals surface area contributed by atoms with Crippen molar-refractivity contribution >= 4 is 17.6 Å². The lowest BCUT2D eigenvalue weighted by molar-refractivity contribution is 0.181. The van der Waals surface area contributed by atoms with Gasteiger partial charge in [0.1, 0.15) is 0 Å². The van der Waals surface area contributed by atoms with Gasteiger partial charge in [0, 0.05) is 43.1 Å². The van der Waals surface area contributed by atoms with Crippen LogP contribution in [0.4, 0.5) is 0 Å². The first kappa shape index (κ1) is 19.1. The maximum absolute atomic E-state index is 6.00. The summed E-state index contributed by atoms with van der Waals surface area (Å²) in [4.78, 5) is 7.11. The van der Waals surface area contributed by atoms with E-state index in [1.54, 1.807) is 0 Å². The quantitative estimate of drug-likeness (QED) is 0.629. The number of nitrogens with one attached hydrogen (secondary N) is 1. The van der Waals surface area contributed by atoms with Crippen LogP contribution in [0, 0.1) is 5.92 Å². The average Bonchev–Trinajstić information content (AvgIpc) is 3.04. The van der Waals surface area contributed by atoms with Crippen molar-refractivity contribution in [2.45, 2.75) is 32.6 Å². The molecule has 5 heteroatoms. The molecule has 0 amide bonds. The third-order valence-electron chi connectivity index (χ3n) is 4.50. The predicted octanol–water partition coefficient (Wildman–Crippen LogP) is 3.55. The summed E-state index contributed by atoms with van der Waals surface area (Å²) in [6, 6.07) is 8.06. The fraction of sp³-hybridized carbons (Fsp3) is 0.632. The molecule has 1 unspecified atom stereocenters. The highest BCUT2D eigenvalue weighted by atomic mass is 35.5. The normalized spacial score (nSPS) is 18.7. The fourth-order valence-corrected chi connectivity index (χ4v) is 3.06. The van der Waals surface area contributed by atoms with Gasteiger partial charge in [-0.15, -0.1) is 0 Å². The molecule has 2 rings (SSSR count). The molecule has 24 heavy (non-hydrogen) atoms. The zero-order valence-electron chi connectivity index (χ0n) is 15.3. The van der Waals surface area contributed by atoms with Gasteiger partial charge in [0.25, 0.3) is 0 Å². The van der Waals surface area contributed by atoms with Crippen LogP contribution in [-0.2, 0) is 10.2 Å². The van der Waals surface area contributed by atoms with E-state index in [1.165, 1.54) is 5.56 Å². The fourth-order valence-electron chi connectivity index (χ4n) is 2.94. The molecule has 0 aliphatic carbocycles. The standard InChI is InChI=1S/C19H30ClN3O/c1-5-21-18(23(4)12-15-10-11-24-13-15)22-14-19(2,3)16-6-8-17(20)9-7-16/h6-9,15H,5,10-14H2,1-4H3,(H,21,22). The lowest BCUT2D eigenvalue weighted by atomic mass is 9.85. The van der Waals surface area contributed by atoms with Gasteiger partial charge in [-0.25, -0.2) is 0 Å². The van der Waals surface area contributed by atoms with Gasteiger partial charge in [-0.05, 0) is 31.0 Å². The van der Waals surface area contributed by atoms with E-state index in [2.05, 4.69) is 50.2 Å². The maximum atomic E-state index is 6.00. The third kappa shape index (κ3) is 5.38. The molecule has 1 saturated heterocycles. The van der Waals surface area contributed by atoms with Crippen molar-refractivity contribution in [2.75, 3.05) is 39.9 Å². The first-order chi connectivity index (χ1) is 11.4. The van der Waals surface area contributed by atoms with Crippen LogP contribution in [0.2, 0.25) is 5.02 Å². The minimum atomic E-state index is -0.0391. The molecule has 0 radical (unpaired) electrons. The van der Waals surface area contributed by atoms with Crippen LogP contribution in [0.5, 0.6) is 0 Å². The number of hydrogen-bond acceptors (Lipinski definition) is 2. The van der Waals surface area contributed by atoms with E-state index in [4.69, 9.17) is 21.3 Å². The van der Waals surface area contributed by atoms with Gasteiger partial charge >= 0.3 is 0 Å².